The summed E-state index contributed by atoms with van der Waals surface area (Å²) in [5.74, 6) is 0. The van der Waals surface area contributed by atoms with Gasteiger partial charge in [-0.15, -0.1) is 0 Å². The van der Waals surface area contributed by atoms with Crippen LogP contribution in [0.5, 0.6) is 0 Å². The maximum atomic E-state index is 4.51. The van der Waals surface area contributed by atoms with Crippen LogP contribution in [0.4, 0.5) is 0 Å². The van der Waals surface area contributed by atoms with Crippen molar-refractivity contribution in [1.82, 2.24) is 24.9 Å². The second-order valence-corrected chi connectivity index (χ2v) is 6.50. The monoisotopic (exact) mass is 353 g/mol. The Morgan fingerprint density at radius 2 is 2.10 bits per heavy atom. The van der Waals surface area contributed by atoms with Crippen molar-refractivity contribution < 1.29 is 0 Å². The molecule has 116 valence electrons. The van der Waals surface area contributed by atoms with Crippen LogP contribution in [0.25, 0.3) is 0 Å². The number of halogens is 1. The highest BCUT2D eigenvalue weighted by Crippen LogP contribution is 2.31. The molecule has 0 aliphatic carbocycles. The van der Waals surface area contributed by atoms with Crippen LogP contribution in [0.2, 0.25) is 0 Å². The molecule has 5 nitrogen and oxygen atoms in total. The van der Waals surface area contributed by atoms with E-state index in [-0.39, 0.29) is 6.04 Å². The molecule has 0 aromatic carbocycles. The molecule has 2 heterocycles. The molecule has 2 aromatic heterocycles. The second kappa shape index (κ2) is 6.75. The van der Waals surface area contributed by atoms with E-state index in [1.165, 1.54) is 5.56 Å². The molecule has 2 rings (SSSR count). The first kappa shape index (κ1) is 16.2. The summed E-state index contributed by atoms with van der Waals surface area (Å²) in [5, 5.41) is 12.6. The van der Waals surface area contributed by atoms with Gasteiger partial charge >= 0.3 is 0 Å². The summed E-state index contributed by atoms with van der Waals surface area (Å²) in [7, 11) is 1.96. The first-order valence-electron chi connectivity index (χ1n) is 7.42. The van der Waals surface area contributed by atoms with E-state index in [2.05, 4.69) is 70.0 Å². The number of rotatable bonds is 6. The Hall–Kier alpha value is -1.14. The van der Waals surface area contributed by atoms with Crippen molar-refractivity contribution in [2.24, 2.45) is 7.05 Å². The fourth-order valence-electron chi connectivity index (χ4n) is 2.58. The number of aromatic nitrogens is 4. The minimum atomic E-state index is 0.0953. The van der Waals surface area contributed by atoms with Crippen molar-refractivity contribution in [3.63, 3.8) is 0 Å². The Balaban J connectivity index is 2.50. The standard InChI is InChI=1S/C15H24BrN5/c1-6-7-17-14(12-9-20(5)19-11(12)4)15-13(16)8-18-21(15)10(2)3/h8-10,14,17H,6-7H2,1-5H3. The summed E-state index contributed by atoms with van der Waals surface area (Å²) < 4.78 is 4.98. The first-order valence-corrected chi connectivity index (χ1v) is 8.21. The van der Waals surface area contributed by atoms with Gasteiger partial charge < -0.3 is 5.32 Å². The van der Waals surface area contributed by atoms with Gasteiger partial charge in [-0.2, -0.15) is 10.2 Å². The van der Waals surface area contributed by atoms with E-state index in [1.807, 2.05) is 17.9 Å². The third-order valence-corrected chi connectivity index (χ3v) is 4.12. The highest BCUT2D eigenvalue weighted by atomic mass is 79.9. The molecule has 2 aromatic rings. The Labute approximate surface area is 134 Å². The number of hydrogen-bond donors (Lipinski definition) is 1. The van der Waals surface area contributed by atoms with Crippen LogP contribution in [0, 0.1) is 6.92 Å². The molecule has 0 aliphatic heterocycles. The third-order valence-electron chi connectivity index (χ3n) is 3.51. The molecular weight excluding hydrogens is 330 g/mol. The van der Waals surface area contributed by atoms with Crippen molar-refractivity contribution in [1.29, 1.82) is 0 Å². The van der Waals surface area contributed by atoms with Crippen LogP contribution in [0.3, 0.4) is 0 Å². The fraction of sp³-hybridized carbons (Fsp3) is 0.600. The molecule has 0 radical (unpaired) electrons. The Morgan fingerprint density at radius 1 is 1.38 bits per heavy atom. The Bertz CT molecular complexity index is 599. The quantitative estimate of drug-likeness (QED) is 0.865. The smallest absolute Gasteiger partial charge is 0.0793 e. The summed E-state index contributed by atoms with van der Waals surface area (Å²) in [4.78, 5) is 0. The SMILES string of the molecule is CCCNC(c1cn(C)nc1C)c1c(Br)cnn1C(C)C. The molecule has 21 heavy (non-hydrogen) atoms. The van der Waals surface area contributed by atoms with E-state index >= 15 is 0 Å². The predicted octanol–water partition coefficient (Wildman–Crippen LogP) is 3.36. The van der Waals surface area contributed by atoms with Gasteiger partial charge in [-0.25, -0.2) is 0 Å². The van der Waals surface area contributed by atoms with Crippen molar-refractivity contribution in [3.8, 4) is 0 Å². The van der Waals surface area contributed by atoms with Crippen molar-refractivity contribution >= 4 is 15.9 Å². The summed E-state index contributed by atoms with van der Waals surface area (Å²) in [6.07, 6.45) is 5.05. The summed E-state index contributed by atoms with van der Waals surface area (Å²) >= 11 is 3.66. The number of hydrogen-bond acceptors (Lipinski definition) is 3. The minimum absolute atomic E-state index is 0.0953. The lowest BCUT2D eigenvalue weighted by atomic mass is 10.0. The van der Waals surface area contributed by atoms with E-state index in [0.717, 1.165) is 28.8 Å². The van der Waals surface area contributed by atoms with Gasteiger partial charge in [0.25, 0.3) is 0 Å². The van der Waals surface area contributed by atoms with Gasteiger partial charge in [0.2, 0.25) is 0 Å². The Morgan fingerprint density at radius 3 is 2.62 bits per heavy atom. The van der Waals surface area contributed by atoms with E-state index in [1.54, 1.807) is 0 Å². The molecule has 0 aliphatic rings. The normalized spacial score (nSPS) is 13.1. The number of aryl methyl sites for hydroxylation is 2. The van der Waals surface area contributed by atoms with Gasteiger partial charge in [0, 0.05) is 24.8 Å². The average molecular weight is 354 g/mol. The van der Waals surface area contributed by atoms with Gasteiger partial charge in [0.15, 0.2) is 0 Å². The van der Waals surface area contributed by atoms with Gasteiger partial charge in [-0.3, -0.25) is 9.36 Å². The van der Waals surface area contributed by atoms with E-state index in [4.69, 9.17) is 0 Å². The largest absolute Gasteiger partial charge is 0.305 e. The molecule has 0 amide bonds. The third kappa shape index (κ3) is 3.37. The van der Waals surface area contributed by atoms with E-state index in [0.29, 0.717) is 6.04 Å². The molecule has 1 N–H and O–H groups in total. The summed E-state index contributed by atoms with van der Waals surface area (Å²) in [6.45, 7) is 9.48. The predicted molar refractivity (Wildman–Crippen MR) is 88.4 cm³/mol. The molecule has 0 spiro atoms. The van der Waals surface area contributed by atoms with E-state index < -0.39 is 0 Å². The molecule has 1 unspecified atom stereocenters. The molecule has 0 fully saturated rings. The molecule has 0 saturated heterocycles. The van der Waals surface area contributed by atoms with Crippen molar-refractivity contribution in [3.05, 3.63) is 33.8 Å². The Kier molecular flexibility index (Phi) is 5.22. The lowest BCUT2D eigenvalue weighted by Crippen LogP contribution is -2.27. The van der Waals surface area contributed by atoms with Crippen LogP contribution >= 0.6 is 15.9 Å². The molecule has 6 heteroatoms. The average Bonchev–Trinajstić information content (AvgIpc) is 2.94. The lowest BCUT2D eigenvalue weighted by Gasteiger charge is -2.22. The van der Waals surface area contributed by atoms with E-state index in [9.17, 15) is 0 Å². The summed E-state index contributed by atoms with van der Waals surface area (Å²) in [5.41, 5.74) is 3.41. The highest BCUT2D eigenvalue weighted by molar-refractivity contribution is 9.10. The fourth-order valence-corrected chi connectivity index (χ4v) is 3.08. The minimum Gasteiger partial charge on any atom is -0.305 e. The molecule has 0 bridgehead atoms. The summed E-state index contributed by atoms with van der Waals surface area (Å²) in [6, 6.07) is 0.409. The van der Waals surface area contributed by atoms with Crippen LogP contribution < -0.4 is 5.32 Å². The second-order valence-electron chi connectivity index (χ2n) is 5.65. The highest BCUT2D eigenvalue weighted by Gasteiger charge is 2.25. The first-order chi connectivity index (χ1) is 9.95. The molecule has 1 atom stereocenters. The maximum Gasteiger partial charge on any atom is 0.0793 e. The van der Waals surface area contributed by atoms with Crippen LogP contribution in [-0.4, -0.2) is 26.1 Å². The maximum absolute atomic E-state index is 4.51. The van der Waals surface area contributed by atoms with Gasteiger partial charge in [0.1, 0.15) is 0 Å². The zero-order valence-corrected chi connectivity index (χ0v) is 15.0. The lowest BCUT2D eigenvalue weighted by molar-refractivity contribution is 0.470. The van der Waals surface area contributed by atoms with Gasteiger partial charge in [-0.1, -0.05) is 6.92 Å². The van der Waals surface area contributed by atoms with Gasteiger partial charge in [-0.05, 0) is 49.7 Å². The number of nitrogens with zero attached hydrogens (tertiary/aromatic N) is 4. The zero-order valence-electron chi connectivity index (χ0n) is 13.4. The van der Waals surface area contributed by atoms with Crippen LogP contribution in [-0.2, 0) is 7.05 Å². The number of nitrogens with one attached hydrogen (secondary N) is 1. The molecule has 0 saturated carbocycles. The van der Waals surface area contributed by atoms with Crippen LogP contribution in [0.15, 0.2) is 16.9 Å². The van der Waals surface area contributed by atoms with Crippen molar-refractivity contribution in [2.45, 2.75) is 46.2 Å². The van der Waals surface area contributed by atoms with Crippen LogP contribution in [0.1, 0.15) is 56.2 Å². The molecular formula is C15H24BrN5. The van der Waals surface area contributed by atoms with Crippen molar-refractivity contribution in [2.75, 3.05) is 6.54 Å². The topological polar surface area (TPSA) is 47.7 Å². The zero-order chi connectivity index (χ0) is 15.6. The van der Waals surface area contributed by atoms with Gasteiger partial charge in [0.05, 0.1) is 28.1 Å².